The molecule has 2 aromatic rings. The Labute approximate surface area is 110 Å². The van der Waals surface area contributed by atoms with E-state index in [1.165, 1.54) is 12.3 Å². The fourth-order valence-corrected chi connectivity index (χ4v) is 2.49. The molecule has 0 bridgehead atoms. The van der Waals surface area contributed by atoms with E-state index in [2.05, 4.69) is 20.6 Å². The number of pyridine rings is 1. The average molecular weight is 261 g/mol. The van der Waals surface area contributed by atoms with Crippen LogP contribution in [0.15, 0.2) is 24.5 Å². The molecule has 1 atom stereocenters. The van der Waals surface area contributed by atoms with Crippen LogP contribution in [-0.2, 0) is 0 Å². The third-order valence-corrected chi connectivity index (χ3v) is 3.49. The van der Waals surface area contributed by atoms with Gasteiger partial charge in [-0.1, -0.05) is 5.21 Å². The van der Waals surface area contributed by atoms with Gasteiger partial charge in [0.1, 0.15) is 0 Å². The summed E-state index contributed by atoms with van der Waals surface area (Å²) in [4.78, 5) is 3.69. The van der Waals surface area contributed by atoms with Gasteiger partial charge in [-0.2, -0.15) is 4.39 Å². The molecule has 2 aromatic heterocycles. The summed E-state index contributed by atoms with van der Waals surface area (Å²) < 4.78 is 14.8. The number of nitrogens with one attached hydrogen (secondary N) is 1. The van der Waals surface area contributed by atoms with Crippen LogP contribution in [-0.4, -0.2) is 33.1 Å². The van der Waals surface area contributed by atoms with Gasteiger partial charge in [-0.25, -0.2) is 9.67 Å². The second kappa shape index (κ2) is 5.44. The summed E-state index contributed by atoms with van der Waals surface area (Å²) in [6.07, 6.45) is 6.49. The van der Waals surface area contributed by atoms with Crippen LogP contribution in [0.3, 0.4) is 0 Å². The van der Waals surface area contributed by atoms with Gasteiger partial charge >= 0.3 is 0 Å². The Hall–Kier alpha value is -1.82. The van der Waals surface area contributed by atoms with Crippen molar-refractivity contribution in [3.63, 3.8) is 0 Å². The maximum Gasteiger partial charge on any atom is 0.212 e. The molecule has 0 aromatic carbocycles. The van der Waals surface area contributed by atoms with Gasteiger partial charge in [0.15, 0.2) is 0 Å². The highest BCUT2D eigenvalue weighted by molar-refractivity contribution is 5.56. The first-order valence-corrected chi connectivity index (χ1v) is 6.57. The lowest BCUT2D eigenvalue weighted by molar-refractivity contribution is 0.408. The summed E-state index contributed by atoms with van der Waals surface area (Å²) in [5.74, 6) is -0.471. The zero-order valence-electron chi connectivity index (χ0n) is 10.6. The maximum atomic E-state index is 12.9. The molecule has 3 heterocycles. The minimum Gasteiger partial charge on any atom is -0.317 e. The highest BCUT2D eigenvalue weighted by atomic mass is 19.1. The summed E-state index contributed by atoms with van der Waals surface area (Å²) >= 11 is 0. The van der Waals surface area contributed by atoms with Gasteiger partial charge in [-0.3, -0.25) is 0 Å². The topological polar surface area (TPSA) is 55.6 Å². The van der Waals surface area contributed by atoms with Crippen molar-refractivity contribution in [3.05, 3.63) is 30.5 Å². The van der Waals surface area contributed by atoms with Crippen LogP contribution < -0.4 is 5.32 Å². The lowest BCUT2D eigenvalue weighted by atomic mass is 10.1. The molecule has 5 nitrogen and oxygen atoms in total. The molecule has 0 spiro atoms. The predicted molar refractivity (Wildman–Crippen MR) is 69.0 cm³/mol. The number of rotatable bonds is 2. The van der Waals surface area contributed by atoms with E-state index in [1.807, 2.05) is 4.68 Å². The summed E-state index contributed by atoms with van der Waals surface area (Å²) in [6.45, 7) is 2.05. The first kappa shape index (κ1) is 12.2. The van der Waals surface area contributed by atoms with Gasteiger partial charge < -0.3 is 5.32 Å². The number of halogens is 1. The van der Waals surface area contributed by atoms with Crippen LogP contribution in [0.4, 0.5) is 4.39 Å². The van der Waals surface area contributed by atoms with E-state index < -0.39 is 5.95 Å². The highest BCUT2D eigenvalue weighted by Gasteiger charge is 2.18. The number of nitrogens with zero attached hydrogens (tertiary/aromatic N) is 4. The van der Waals surface area contributed by atoms with Crippen LogP contribution in [0, 0.1) is 5.95 Å². The number of hydrogen-bond donors (Lipinski definition) is 1. The van der Waals surface area contributed by atoms with Gasteiger partial charge in [0.05, 0.1) is 17.9 Å². The van der Waals surface area contributed by atoms with E-state index in [0.717, 1.165) is 43.6 Å². The van der Waals surface area contributed by atoms with Crippen LogP contribution >= 0.6 is 0 Å². The third kappa shape index (κ3) is 2.63. The number of hydrogen-bond acceptors (Lipinski definition) is 4. The monoisotopic (exact) mass is 261 g/mol. The van der Waals surface area contributed by atoms with Crippen molar-refractivity contribution < 1.29 is 4.39 Å². The standard InChI is InChI=1S/C13H16FN5/c14-13-4-3-10(8-16-13)12-9-17-18-19(12)11-2-1-6-15-7-5-11/h3-4,8-9,11,15H,1-2,5-7H2. The molecular weight excluding hydrogens is 245 g/mol. The minimum atomic E-state index is -0.471. The molecule has 0 amide bonds. The Kier molecular flexibility index (Phi) is 3.50. The van der Waals surface area contributed by atoms with Crippen molar-refractivity contribution in [3.8, 4) is 11.3 Å². The summed E-state index contributed by atoms with van der Waals surface area (Å²) in [5, 5.41) is 11.6. The summed E-state index contributed by atoms with van der Waals surface area (Å²) in [6, 6.07) is 3.42. The van der Waals surface area contributed by atoms with Crippen LogP contribution in [0.1, 0.15) is 25.3 Å². The van der Waals surface area contributed by atoms with Crippen molar-refractivity contribution in [2.75, 3.05) is 13.1 Å². The summed E-state index contributed by atoms with van der Waals surface area (Å²) in [7, 11) is 0. The molecule has 1 aliphatic rings. The molecule has 0 aliphatic carbocycles. The first-order chi connectivity index (χ1) is 9.34. The molecule has 1 N–H and O–H groups in total. The smallest absolute Gasteiger partial charge is 0.212 e. The van der Waals surface area contributed by atoms with Crippen molar-refractivity contribution >= 4 is 0 Å². The molecular formula is C13H16FN5. The highest BCUT2D eigenvalue weighted by Crippen LogP contribution is 2.25. The van der Waals surface area contributed by atoms with Crippen molar-refractivity contribution in [1.82, 2.24) is 25.3 Å². The molecule has 19 heavy (non-hydrogen) atoms. The van der Waals surface area contributed by atoms with Gasteiger partial charge in [0, 0.05) is 11.8 Å². The molecule has 6 heteroatoms. The third-order valence-electron chi connectivity index (χ3n) is 3.49. The van der Waals surface area contributed by atoms with Crippen LogP contribution in [0.25, 0.3) is 11.3 Å². The summed E-state index contributed by atoms with van der Waals surface area (Å²) in [5.41, 5.74) is 1.75. The average Bonchev–Trinajstić information content (AvgIpc) is 2.75. The lowest BCUT2D eigenvalue weighted by Gasteiger charge is -2.16. The Morgan fingerprint density at radius 1 is 1.21 bits per heavy atom. The van der Waals surface area contributed by atoms with Gasteiger partial charge in [0.2, 0.25) is 5.95 Å². The van der Waals surface area contributed by atoms with E-state index in [-0.39, 0.29) is 0 Å². The first-order valence-electron chi connectivity index (χ1n) is 6.57. The largest absolute Gasteiger partial charge is 0.317 e. The van der Waals surface area contributed by atoms with Crippen molar-refractivity contribution in [1.29, 1.82) is 0 Å². The molecule has 1 saturated heterocycles. The van der Waals surface area contributed by atoms with E-state index in [9.17, 15) is 4.39 Å². The molecule has 3 rings (SSSR count). The normalized spacial score (nSPS) is 20.2. The van der Waals surface area contributed by atoms with Crippen LogP contribution in [0.5, 0.6) is 0 Å². The Morgan fingerprint density at radius 2 is 2.16 bits per heavy atom. The zero-order valence-corrected chi connectivity index (χ0v) is 10.6. The second-order valence-corrected chi connectivity index (χ2v) is 4.77. The second-order valence-electron chi connectivity index (χ2n) is 4.77. The quantitative estimate of drug-likeness (QED) is 0.837. The van der Waals surface area contributed by atoms with Crippen molar-refractivity contribution in [2.24, 2.45) is 0 Å². The van der Waals surface area contributed by atoms with Gasteiger partial charge in [-0.15, -0.1) is 5.10 Å². The molecule has 1 unspecified atom stereocenters. The van der Waals surface area contributed by atoms with E-state index in [1.54, 1.807) is 12.3 Å². The van der Waals surface area contributed by atoms with E-state index >= 15 is 0 Å². The van der Waals surface area contributed by atoms with E-state index in [4.69, 9.17) is 0 Å². The fourth-order valence-electron chi connectivity index (χ4n) is 2.49. The van der Waals surface area contributed by atoms with Crippen molar-refractivity contribution in [2.45, 2.75) is 25.3 Å². The molecule has 1 fully saturated rings. The molecule has 1 aliphatic heterocycles. The minimum absolute atomic E-state index is 0.345. The Morgan fingerprint density at radius 3 is 3.00 bits per heavy atom. The fraction of sp³-hybridized carbons (Fsp3) is 0.462. The Balaban J connectivity index is 1.90. The van der Waals surface area contributed by atoms with E-state index in [0.29, 0.717) is 6.04 Å². The molecule has 0 radical (unpaired) electrons. The Bertz CT molecular complexity index is 528. The van der Waals surface area contributed by atoms with Crippen LogP contribution in [0.2, 0.25) is 0 Å². The maximum absolute atomic E-state index is 12.9. The zero-order chi connectivity index (χ0) is 13.1. The SMILES string of the molecule is Fc1ccc(-c2cnnn2C2CCCNCC2)cn1. The molecule has 100 valence electrons. The lowest BCUT2D eigenvalue weighted by Crippen LogP contribution is -2.16. The number of aromatic nitrogens is 4. The molecule has 0 saturated carbocycles. The van der Waals surface area contributed by atoms with Gasteiger partial charge in [0.25, 0.3) is 0 Å². The predicted octanol–water partition coefficient (Wildman–Crippen LogP) is 1.79. The van der Waals surface area contributed by atoms with Gasteiger partial charge in [-0.05, 0) is 44.5 Å².